The largest absolute Gasteiger partial charge is 0.496 e. The average molecular weight is 235 g/mol. The van der Waals surface area contributed by atoms with Gasteiger partial charge in [0.05, 0.1) is 13.7 Å². The van der Waals surface area contributed by atoms with Crippen molar-refractivity contribution in [2.24, 2.45) is 0 Å². The van der Waals surface area contributed by atoms with Crippen molar-refractivity contribution < 1.29 is 9.84 Å². The summed E-state index contributed by atoms with van der Waals surface area (Å²) in [7, 11) is 1.69. The van der Waals surface area contributed by atoms with Gasteiger partial charge < -0.3 is 15.2 Å². The molecule has 0 bridgehead atoms. The van der Waals surface area contributed by atoms with E-state index in [4.69, 9.17) is 4.74 Å². The monoisotopic (exact) mass is 235 g/mol. The van der Waals surface area contributed by atoms with Gasteiger partial charge in [0.1, 0.15) is 5.75 Å². The van der Waals surface area contributed by atoms with E-state index in [0.717, 1.165) is 30.7 Å². The molecule has 17 heavy (non-hydrogen) atoms. The van der Waals surface area contributed by atoms with Crippen LogP contribution in [-0.4, -0.2) is 24.4 Å². The lowest BCUT2D eigenvalue weighted by Gasteiger charge is -2.41. The Hall–Kier alpha value is -1.06. The Bertz CT molecular complexity index is 380. The second kappa shape index (κ2) is 5.07. The van der Waals surface area contributed by atoms with E-state index < -0.39 is 0 Å². The summed E-state index contributed by atoms with van der Waals surface area (Å²) in [5.74, 6) is 0.925. The summed E-state index contributed by atoms with van der Waals surface area (Å²) in [5.41, 5.74) is 2.37. The molecule has 2 N–H and O–H groups in total. The highest BCUT2D eigenvalue weighted by molar-refractivity contribution is 5.36. The summed E-state index contributed by atoms with van der Waals surface area (Å²) < 4.78 is 5.24. The van der Waals surface area contributed by atoms with Gasteiger partial charge in [0.2, 0.25) is 0 Å². The van der Waals surface area contributed by atoms with Crippen LogP contribution >= 0.6 is 0 Å². The predicted octanol–water partition coefficient (Wildman–Crippen LogP) is 2.01. The van der Waals surface area contributed by atoms with E-state index in [1.54, 1.807) is 7.11 Å². The Kier molecular flexibility index (Phi) is 3.69. The third kappa shape index (κ3) is 2.61. The van der Waals surface area contributed by atoms with Gasteiger partial charge >= 0.3 is 0 Å². The van der Waals surface area contributed by atoms with Crippen molar-refractivity contribution in [2.45, 2.75) is 38.3 Å². The fourth-order valence-electron chi connectivity index (χ4n) is 2.33. The fraction of sp³-hybridized carbons (Fsp3) is 0.571. The molecule has 0 unspecified atom stereocenters. The maximum Gasteiger partial charge on any atom is 0.121 e. The molecule has 0 aromatic heterocycles. The van der Waals surface area contributed by atoms with Gasteiger partial charge in [-0.1, -0.05) is 12.1 Å². The smallest absolute Gasteiger partial charge is 0.121 e. The van der Waals surface area contributed by atoms with Crippen LogP contribution in [0.4, 0.5) is 0 Å². The quantitative estimate of drug-likeness (QED) is 0.820. The lowest BCUT2D eigenvalue weighted by Crippen LogP contribution is -2.53. The second-order valence-electron chi connectivity index (χ2n) is 4.95. The van der Waals surface area contributed by atoms with Crippen LogP contribution in [0.1, 0.15) is 30.4 Å². The second-order valence-corrected chi connectivity index (χ2v) is 4.95. The Labute approximate surface area is 103 Å². The molecular formula is C14H21NO2. The zero-order chi connectivity index (χ0) is 12.3. The van der Waals surface area contributed by atoms with Crippen LogP contribution in [0.15, 0.2) is 18.2 Å². The topological polar surface area (TPSA) is 41.5 Å². The van der Waals surface area contributed by atoms with Crippen LogP contribution in [0.3, 0.4) is 0 Å². The fourth-order valence-corrected chi connectivity index (χ4v) is 2.33. The minimum atomic E-state index is -0.0200. The standard InChI is InChI=1S/C14H21NO2/c1-11-8-12(4-5-13(11)17-2)9-15-14(10-16)6-3-7-14/h4-5,8,15-16H,3,6-7,9-10H2,1-2H3. The molecule has 0 aliphatic heterocycles. The van der Waals surface area contributed by atoms with Gasteiger partial charge in [-0.15, -0.1) is 0 Å². The number of ether oxygens (including phenoxy) is 1. The first-order chi connectivity index (χ1) is 8.19. The highest BCUT2D eigenvalue weighted by Crippen LogP contribution is 2.31. The molecule has 94 valence electrons. The van der Waals surface area contributed by atoms with Crippen molar-refractivity contribution in [1.82, 2.24) is 5.32 Å². The van der Waals surface area contributed by atoms with Crippen molar-refractivity contribution in [1.29, 1.82) is 0 Å². The number of aryl methyl sites for hydroxylation is 1. The first kappa shape index (κ1) is 12.4. The van der Waals surface area contributed by atoms with Crippen molar-refractivity contribution >= 4 is 0 Å². The third-order valence-electron chi connectivity index (χ3n) is 3.74. The van der Waals surface area contributed by atoms with Crippen molar-refractivity contribution in [3.63, 3.8) is 0 Å². The van der Waals surface area contributed by atoms with Crippen LogP contribution in [0.2, 0.25) is 0 Å². The molecule has 3 nitrogen and oxygen atoms in total. The average Bonchev–Trinajstić information content (AvgIpc) is 2.28. The molecule has 1 aliphatic carbocycles. The van der Waals surface area contributed by atoms with Crippen LogP contribution in [0, 0.1) is 6.92 Å². The summed E-state index contributed by atoms with van der Waals surface area (Å²) in [4.78, 5) is 0. The van der Waals surface area contributed by atoms with Gasteiger partial charge in [-0.05, 0) is 43.4 Å². The van der Waals surface area contributed by atoms with Crippen LogP contribution < -0.4 is 10.1 Å². The lowest BCUT2D eigenvalue weighted by atomic mass is 9.77. The Morgan fingerprint density at radius 1 is 1.41 bits per heavy atom. The summed E-state index contributed by atoms with van der Waals surface area (Å²) in [6.07, 6.45) is 3.38. The SMILES string of the molecule is COc1ccc(CNC2(CO)CCC2)cc1C. The molecule has 0 heterocycles. The van der Waals surface area contributed by atoms with Gasteiger partial charge in [0.15, 0.2) is 0 Å². The highest BCUT2D eigenvalue weighted by Gasteiger charge is 2.35. The first-order valence-electron chi connectivity index (χ1n) is 6.18. The van der Waals surface area contributed by atoms with Crippen LogP contribution in [0.25, 0.3) is 0 Å². The van der Waals surface area contributed by atoms with E-state index in [2.05, 4.69) is 17.4 Å². The Balaban J connectivity index is 1.97. The summed E-state index contributed by atoms with van der Waals surface area (Å²) in [6, 6.07) is 6.21. The first-order valence-corrected chi connectivity index (χ1v) is 6.18. The van der Waals surface area contributed by atoms with E-state index in [9.17, 15) is 5.11 Å². The number of rotatable bonds is 5. The highest BCUT2D eigenvalue weighted by atomic mass is 16.5. The molecule has 1 fully saturated rings. The molecule has 1 aromatic rings. The molecule has 0 atom stereocenters. The van der Waals surface area contributed by atoms with Gasteiger partial charge in [-0.25, -0.2) is 0 Å². The number of hydrogen-bond donors (Lipinski definition) is 2. The third-order valence-corrected chi connectivity index (χ3v) is 3.74. The molecule has 2 rings (SSSR count). The number of hydrogen-bond acceptors (Lipinski definition) is 3. The Morgan fingerprint density at radius 3 is 2.65 bits per heavy atom. The molecule has 0 radical (unpaired) electrons. The molecule has 0 saturated heterocycles. The molecule has 0 spiro atoms. The normalized spacial score (nSPS) is 17.6. The maximum absolute atomic E-state index is 9.37. The van der Waals surface area contributed by atoms with Crippen molar-refractivity contribution in [2.75, 3.05) is 13.7 Å². The number of methoxy groups -OCH3 is 1. The molecular weight excluding hydrogens is 214 g/mol. The van der Waals surface area contributed by atoms with Crippen molar-refractivity contribution in [3.05, 3.63) is 29.3 Å². The summed E-state index contributed by atoms with van der Waals surface area (Å²) >= 11 is 0. The summed E-state index contributed by atoms with van der Waals surface area (Å²) in [6.45, 7) is 3.10. The predicted molar refractivity (Wildman–Crippen MR) is 68.2 cm³/mol. The minimum Gasteiger partial charge on any atom is -0.496 e. The number of benzene rings is 1. The number of aliphatic hydroxyl groups is 1. The molecule has 1 aromatic carbocycles. The van der Waals surface area contributed by atoms with Gasteiger partial charge in [-0.3, -0.25) is 0 Å². The van der Waals surface area contributed by atoms with Crippen LogP contribution in [-0.2, 0) is 6.54 Å². The minimum absolute atomic E-state index is 0.0200. The van der Waals surface area contributed by atoms with Gasteiger partial charge in [0, 0.05) is 12.1 Å². The number of nitrogens with one attached hydrogen (secondary N) is 1. The van der Waals surface area contributed by atoms with E-state index in [-0.39, 0.29) is 12.1 Å². The molecule has 1 saturated carbocycles. The Morgan fingerprint density at radius 2 is 2.18 bits per heavy atom. The molecule has 0 amide bonds. The number of aliphatic hydroxyl groups excluding tert-OH is 1. The zero-order valence-corrected chi connectivity index (χ0v) is 10.6. The maximum atomic E-state index is 9.37. The molecule has 1 aliphatic rings. The van der Waals surface area contributed by atoms with E-state index >= 15 is 0 Å². The molecule has 3 heteroatoms. The lowest BCUT2D eigenvalue weighted by molar-refractivity contribution is 0.0872. The van der Waals surface area contributed by atoms with E-state index in [0.29, 0.717) is 0 Å². The zero-order valence-electron chi connectivity index (χ0n) is 10.6. The van der Waals surface area contributed by atoms with Gasteiger partial charge in [-0.2, -0.15) is 0 Å². The summed E-state index contributed by atoms with van der Waals surface area (Å²) in [5, 5.41) is 12.8. The van der Waals surface area contributed by atoms with E-state index in [1.165, 1.54) is 12.0 Å². The van der Waals surface area contributed by atoms with Crippen LogP contribution in [0.5, 0.6) is 5.75 Å². The van der Waals surface area contributed by atoms with E-state index in [1.807, 2.05) is 13.0 Å². The van der Waals surface area contributed by atoms with Crippen molar-refractivity contribution in [3.8, 4) is 5.75 Å². The van der Waals surface area contributed by atoms with Gasteiger partial charge in [0.25, 0.3) is 0 Å².